The van der Waals surface area contributed by atoms with E-state index >= 15 is 0 Å². The summed E-state index contributed by atoms with van der Waals surface area (Å²) < 4.78 is 63.7. The van der Waals surface area contributed by atoms with Crippen LogP contribution in [0.1, 0.15) is 35.0 Å². The number of ether oxygens (including phenoxy) is 1. The van der Waals surface area contributed by atoms with E-state index in [2.05, 4.69) is 20.3 Å². The smallest absolute Gasteiger partial charge is 0.309 e. The zero-order valence-corrected chi connectivity index (χ0v) is 21.7. The molecule has 2 unspecified atom stereocenters. The quantitative estimate of drug-likeness (QED) is 0.239. The van der Waals surface area contributed by atoms with Gasteiger partial charge in [-0.1, -0.05) is 19.1 Å². The third kappa shape index (κ3) is 8.78. The molecule has 0 spiro atoms. The molecule has 1 aromatic heterocycles. The summed E-state index contributed by atoms with van der Waals surface area (Å²) in [5.41, 5.74) is 0.865. The summed E-state index contributed by atoms with van der Waals surface area (Å²) in [6.45, 7) is 2.10. The first-order valence-electron chi connectivity index (χ1n) is 11.8. The first-order chi connectivity index (χ1) is 18.1. The minimum absolute atomic E-state index is 0.0286. The molecular weight excluding hydrogens is 522 g/mol. The fourth-order valence-electron chi connectivity index (χ4n) is 3.68. The maximum Gasteiger partial charge on any atom is 0.309 e. The molecule has 4 N–H and O–H groups in total. The number of amides is 1. The molecule has 1 amide bonds. The number of carbonyl (C=O) groups excluding carboxylic acids is 1. The lowest BCUT2D eigenvalue weighted by atomic mass is 10.0. The number of hydrogen-bond acceptors (Lipinski definition) is 8. The summed E-state index contributed by atoms with van der Waals surface area (Å²) >= 11 is 0. The van der Waals surface area contributed by atoms with E-state index in [1.807, 2.05) is 18.2 Å². The van der Waals surface area contributed by atoms with Crippen LogP contribution in [-0.4, -0.2) is 56.0 Å². The number of hydrogen-bond donors (Lipinski definition) is 4. The van der Waals surface area contributed by atoms with E-state index < -0.39 is 39.7 Å². The Hall–Kier alpha value is -3.55. The second-order valence-corrected chi connectivity index (χ2v) is 10.4. The van der Waals surface area contributed by atoms with Crippen molar-refractivity contribution in [1.29, 1.82) is 0 Å². The zero-order chi connectivity index (χ0) is 27.7. The van der Waals surface area contributed by atoms with E-state index in [9.17, 15) is 27.1 Å². The lowest BCUT2D eigenvalue weighted by Crippen LogP contribution is -2.48. The number of nitrogens with one attached hydrogen (secondary N) is 3. The highest BCUT2D eigenvalue weighted by Gasteiger charge is 2.25. The average molecular weight is 553 g/mol. The van der Waals surface area contributed by atoms with Crippen LogP contribution in [0.5, 0.6) is 5.75 Å². The molecular formula is C25H30F2N4O6S. The molecule has 0 aliphatic heterocycles. The van der Waals surface area contributed by atoms with Gasteiger partial charge in [0, 0.05) is 19.2 Å². The van der Waals surface area contributed by atoms with Crippen LogP contribution in [0.4, 0.5) is 14.8 Å². The first-order valence-corrected chi connectivity index (χ1v) is 13.5. The third-order valence-electron chi connectivity index (χ3n) is 5.43. The van der Waals surface area contributed by atoms with Gasteiger partial charge in [0.2, 0.25) is 10.0 Å². The fourth-order valence-corrected chi connectivity index (χ4v) is 4.67. The molecule has 0 radical (unpaired) electrons. The number of nitrogens with zero attached hydrogens (tertiary/aromatic N) is 1. The van der Waals surface area contributed by atoms with E-state index in [-0.39, 0.29) is 36.0 Å². The lowest BCUT2D eigenvalue weighted by Gasteiger charge is -2.24. The van der Waals surface area contributed by atoms with Gasteiger partial charge in [0.15, 0.2) is 5.69 Å². The number of rotatable bonds is 14. The van der Waals surface area contributed by atoms with Crippen molar-refractivity contribution in [3.8, 4) is 5.75 Å². The predicted molar refractivity (Wildman–Crippen MR) is 136 cm³/mol. The summed E-state index contributed by atoms with van der Waals surface area (Å²) in [6, 6.07) is 8.88. The van der Waals surface area contributed by atoms with Gasteiger partial charge in [0.1, 0.15) is 23.6 Å². The monoisotopic (exact) mass is 552 g/mol. The summed E-state index contributed by atoms with van der Waals surface area (Å²) in [4.78, 5) is 16.7. The Bertz CT molecular complexity index is 1310. The lowest BCUT2D eigenvalue weighted by molar-refractivity contribution is 0.0825. The summed E-state index contributed by atoms with van der Waals surface area (Å²) in [7, 11) is -2.13. The molecule has 206 valence electrons. The SMILES string of the molecule is CCCS(=O)(=O)Nc1nc(C(=O)NC(Cc2cc(F)cc(F)c2)C(O)CNCc2cccc(OC)c2)co1. The molecule has 0 saturated carbocycles. The van der Waals surface area contributed by atoms with Gasteiger partial charge in [-0.25, -0.2) is 21.9 Å². The van der Waals surface area contributed by atoms with Crippen molar-refractivity contribution < 1.29 is 36.3 Å². The van der Waals surface area contributed by atoms with Crippen LogP contribution in [0.25, 0.3) is 0 Å². The van der Waals surface area contributed by atoms with Crippen molar-refractivity contribution in [2.45, 2.75) is 38.5 Å². The number of aliphatic hydroxyl groups is 1. The number of carbonyl (C=O) groups is 1. The van der Waals surface area contributed by atoms with Gasteiger partial charge >= 0.3 is 6.01 Å². The van der Waals surface area contributed by atoms with Crippen molar-refractivity contribution in [2.75, 3.05) is 24.1 Å². The van der Waals surface area contributed by atoms with E-state index in [0.29, 0.717) is 18.7 Å². The number of methoxy groups -OCH3 is 1. The number of halogens is 2. The third-order valence-corrected chi connectivity index (χ3v) is 6.86. The maximum atomic E-state index is 13.8. The van der Waals surface area contributed by atoms with Crippen molar-refractivity contribution in [3.63, 3.8) is 0 Å². The predicted octanol–water partition coefficient (Wildman–Crippen LogP) is 2.60. The molecule has 0 bridgehead atoms. The molecule has 10 nitrogen and oxygen atoms in total. The van der Waals surface area contributed by atoms with E-state index in [4.69, 9.17) is 9.15 Å². The highest BCUT2D eigenvalue weighted by molar-refractivity contribution is 7.92. The Morgan fingerprint density at radius 2 is 1.89 bits per heavy atom. The van der Waals surface area contributed by atoms with Gasteiger partial charge in [-0.15, -0.1) is 0 Å². The molecule has 0 saturated heterocycles. The van der Waals surface area contributed by atoms with Crippen molar-refractivity contribution >= 4 is 21.9 Å². The Balaban J connectivity index is 1.71. The van der Waals surface area contributed by atoms with Crippen LogP contribution in [0.3, 0.4) is 0 Å². The molecule has 3 aromatic rings. The number of anilines is 1. The summed E-state index contributed by atoms with van der Waals surface area (Å²) in [6.07, 6.45) is 0.0577. The number of aliphatic hydroxyl groups excluding tert-OH is 1. The van der Waals surface area contributed by atoms with Crippen LogP contribution in [-0.2, 0) is 23.0 Å². The maximum absolute atomic E-state index is 13.8. The molecule has 3 rings (SSSR count). The second kappa shape index (κ2) is 13.3. The largest absolute Gasteiger partial charge is 0.497 e. The van der Waals surface area contributed by atoms with Gasteiger partial charge in [-0.2, -0.15) is 4.98 Å². The van der Waals surface area contributed by atoms with E-state index in [1.54, 1.807) is 20.1 Å². The van der Waals surface area contributed by atoms with Gasteiger partial charge in [0.25, 0.3) is 5.91 Å². The molecule has 38 heavy (non-hydrogen) atoms. The topological polar surface area (TPSA) is 143 Å². The number of benzene rings is 2. The minimum Gasteiger partial charge on any atom is -0.497 e. The number of oxazole rings is 1. The second-order valence-electron chi connectivity index (χ2n) is 8.57. The van der Waals surface area contributed by atoms with Crippen molar-refractivity contribution in [1.82, 2.24) is 15.6 Å². The highest BCUT2D eigenvalue weighted by Crippen LogP contribution is 2.15. The molecule has 1 heterocycles. The fraction of sp³-hybridized carbons (Fsp3) is 0.360. The van der Waals surface area contributed by atoms with Crippen LogP contribution in [0.2, 0.25) is 0 Å². The Morgan fingerprint density at radius 1 is 1.16 bits per heavy atom. The molecule has 0 aliphatic carbocycles. The average Bonchev–Trinajstić information content (AvgIpc) is 3.30. The van der Waals surface area contributed by atoms with E-state index in [1.165, 1.54) is 0 Å². The van der Waals surface area contributed by atoms with Crippen molar-refractivity contribution in [3.05, 3.63) is 77.2 Å². The van der Waals surface area contributed by atoms with Gasteiger partial charge in [0.05, 0.1) is 25.0 Å². The van der Waals surface area contributed by atoms with E-state index in [0.717, 1.165) is 30.0 Å². The molecule has 2 aromatic carbocycles. The van der Waals surface area contributed by atoms with Crippen molar-refractivity contribution in [2.24, 2.45) is 0 Å². The standard InChI is InChI=1S/C25H30F2N4O6S/c1-3-7-38(34,35)31-25-30-22(15-37-25)24(33)29-21(11-17-8-18(26)12-19(27)9-17)23(32)14-28-13-16-5-4-6-20(10-16)36-2/h4-6,8-10,12,15,21,23,28,32H,3,7,11,13-14H2,1-2H3,(H,29,33)(H,30,31). The zero-order valence-electron chi connectivity index (χ0n) is 20.9. The summed E-state index contributed by atoms with van der Waals surface area (Å²) in [5, 5.41) is 16.6. The molecule has 13 heteroatoms. The van der Waals surface area contributed by atoms with Gasteiger partial charge in [-0.3, -0.25) is 4.79 Å². The van der Waals surface area contributed by atoms with Gasteiger partial charge in [-0.05, 0) is 48.2 Å². The Labute approximate surface area is 219 Å². The normalized spacial score (nSPS) is 13.1. The first kappa shape index (κ1) is 29.0. The molecule has 0 fully saturated rings. The number of sulfonamides is 1. The van der Waals surface area contributed by atoms with Crippen LogP contribution in [0.15, 0.2) is 53.1 Å². The highest BCUT2D eigenvalue weighted by atomic mass is 32.2. The van der Waals surface area contributed by atoms with Crippen LogP contribution >= 0.6 is 0 Å². The van der Waals surface area contributed by atoms with Crippen LogP contribution < -0.4 is 20.1 Å². The Kier molecular flexibility index (Phi) is 10.2. The minimum atomic E-state index is -3.69. The Morgan fingerprint density at radius 3 is 2.58 bits per heavy atom. The number of aromatic nitrogens is 1. The molecule has 2 atom stereocenters. The molecule has 0 aliphatic rings. The summed E-state index contributed by atoms with van der Waals surface area (Å²) in [5.74, 6) is -1.85. The van der Waals surface area contributed by atoms with Gasteiger partial charge < -0.3 is 24.9 Å². The van der Waals surface area contributed by atoms with Crippen LogP contribution in [0, 0.1) is 11.6 Å².